The molecule has 2 heterocycles. The molecule has 1 N–H and O–H groups in total. The first-order valence-corrected chi connectivity index (χ1v) is 9.11. The van der Waals surface area contributed by atoms with Crippen molar-refractivity contribution in [3.05, 3.63) is 22.4 Å². The van der Waals surface area contributed by atoms with Crippen LogP contribution in [0.5, 0.6) is 0 Å². The van der Waals surface area contributed by atoms with Gasteiger partial charge in [0.2, 0.25) is 5.91 Å². The number of carbonyl (C=O) groups excluding carboxylic acids is 2. The molecule has 0 spiro atoms. The summed E-state index contributed by atoms with van der Waals surface area (Å²) in [7, 11) is 0. The Morgan fingerprint density at radius 1 is 1.30 bits per heavy atom. The zero-order valence-electron chi connectivity index (χ0n) is 13.9. The Balaban J connectivity index is 1.74. The van der Waals surface area contributed by atoms with E-state index in [2.05, 4.69) is 24.1 Å². The number of thiophene rings is 1. The van der Waals surface area contributed by atoms with Crippen LogP contribution in [0.15, 0.2) is 17.5 Å². The maximum atomic E-state index is 12.0. The molecule has 1 saturated heterocycles. The number of ether oxygens (including phenoxy) is 1. The highest BCUT2D eigenvalue weighted by molar-refractivity contribution is 7.12. The van der Waals surface area contributed by atoms with Crippen molar-refractivity contribution < 1.29 is 14.3 Å². The van der Waals surface area contributed by atoms with Crippen molar-refractivity contribution in [2.75, 3.05) is 32.8 Å². The Hall–Kier alpha value is -1.24. The number of morpholine rings is 1. The van der Waals surface area contributed by atoms with E-state index in [1.165, 1.54) is 11.3 Å². The standard InChI is InChI=1S/C17H26N2O3S/c1-13(2)14(19-7-9-22-10-8-19)12-18-17(21)6-5-15(20)16-4-3-11-23-16/h3-4,11,13-14H,5-10,12H2,1-2H3,(H,18,21). The first-order chi connectivity index (χ1) is 11.1. The molecule has 0 saturated carbocycles. The third-order valence-electron chi connectivity index (χ3n) is 4.17. The summed E-state index contributed by atoms with van der Waals surface area (Å²) >= 11 is 1.42. The van der Waals surface area contributed by atoms with E-state index in [0.717, 1.165) is 31.2 Å². The number of rotatable bonds is 8. The SMILES string of the molecule is CC(C)C(CNC(=O)CCC(=O)c1cccs1)N1CCOCC1. The van der Waals surface area contributed by atoms with E-state index in [0.29, 0.717) is 18.5 Å². The van der Waals surface area contributed by atoms with Crippen LogP contribution in [-0.2, 0) is 9.53 Å². The van der Waals surface area contributed by atoms with E-state index in [-0.39, 0.29) is 24.5 Å². The van der Waals surface area contributed by atoms with Crippen LogP contribution >= 0.6 is 11.3 Å². The normalized spacial score (nSPS) is 17.2. The van der Waals surface area contributed by atoms with Gasteiger partial charge < -0.3 is 10.1 Å². The minimum atomic E-state index is -0.0474. The summed E-state index contributed by atoms with van der Waals surface area (Å²) < 4.78 is 5.39. The molecular weight excluding hydrogens is 312 g/mol. The number of Topliss-reactive ketones (excluding diaryl/α,β-unsaturated/α-hetero) is 1. The number of hydrogen-bond donors (Lipinski definition) is 1. The van der Waals surface area contributed by atoms with Crippen LogP contribution in [0, 0.1) is 5.92 Å². The molecule has 1 atom stereocenters. The van der Waals surface area contributed by atoms with Gasteiger partial charge in [-0.15, -0.1) is 11.3 Å². The van der Waals surface area contributed by atoms with Crippen molar-refractivity contribution >= 4 is 23.0 Å². The summed E-state index contributed by atoms with van der Waals surface area (Å²) in [6.07, 6.45) is 0.529. The Labute approximate surface area is 142 Å². The van der Waals surface area contributed by atoms with Gasteiger partial charge in [-0.05, 0) is 17.4 Å². The Morgan fingerprint density at radius 2 is 2.04 bits per heavy atom. The molecule has 1 amide bonds. The summed E-state index contributed by atoms with van der Waals surface area (Å²) in [6, 6.07) is 3.97. The number of hydrogen-bond acceptors (Lipinski definition) is 5. The summed E-state index contributed by atoms with van der Waals surface area (Å²) in [5.41, 5.74) is 0. The van der Waals surface area contributed by atoms with E-state index in [1.807, 2.05) is 11.4 Å². The fourth-order valence-corrected chi connectivity index (χ4v) is 3.48. The fraction of sp³-hybridized carbons (Fsp3) is 0.647. The van der Waals surface area contributed by atoms with Crippen LogP contribution in [0.2, 0.25) is 0 Å². The smallest absolute Gasteiger partial charge is 0.220 e. The Kier molecular flexibility index (Phi) is 7.20. The van der Waals surface area contributed by atoms with Gasteiger partial charge in [-0.25, -0.2) is 0 Å². The molecule has 0 bridgehead atoms. The fourth-order valence-electron chi connectivity index (χ4n) is 2.79. The highest BCUT2D eigenvalue weighted by Gasteiger charge is 2.24. The topological polar surface area (TPSA) is 58.6 Å². The molecule has 1 aliphatic heterocycles. The molecular formula is C17H26N2O3S. The van der Waals surface area contributed by atoms with Gasteiger partial charge >= 0.3 is 0 Å². The van der Waals surface area contributed by atoms with Gasteiger partial charge in [-0.3, -0.25) is 14.5 Å². The molecule has 1 fully saturated rings. The largest absolute Gasteiger partial charge is 0.379 e. The van der Waals surface area contributed by atoms with Crippen LogP contribution in [0.4, 0.5) is 0 Å². The molecule has 23 heavy (non-hydrogen) atoms. The number of nitrogens with one attached hydrogen (secondary N) is 1. The van der Waals surface area contributed by atoms with E-state index < -0.39 is 0 Å². The maximum absolute atomic E-state index is 12.0. The lowest BCUT2D eigenvalue weighted by atomic mass is 10.0. The van der Waals surface area contributed by atoms with Crippen LogP contribution < -0.4 is 5.32 Å². The van der Waals surface area contributed by atoms with Crippen LogP contribution in [0.25, 0.3) is 0 Å². The second-order valence-corrected chi connectivity index (χ2v) is 7.11. The zero-order valence-corrected chi connectivity index (χ0v) is 14.7. The highest BCUT2D eigenvalue weighted by Crippen LogP contribution is 2.14. The summed E-state index contributed by atoms with van der Waals surface area (Å²) in [4.78, 5) is 27.0. The van der Waals surface area contributed by atoms with Crippen molar-refractivity contribution in [3.63, 3.8) is 0 Å². The zero-order chi connectivity index (χ0) is 16.7. The quantitative estimate of drug-likeness (QED) is 0.738. The number of carbonyl (C=O) groups is 2. The Bertz CT molecular complexity index is 496. The summed E-state index contributed by atoms with van der Waals surface area (Å²) in [5.74, 6) is 0.457. The van der Waals surface area contributed by atoms with E-state index in [4.69, 9.17) is 4.74 Å². The molecule has 6 heteroatoms. The van der Waals surface area contributed by atoms with Gasteiger partial charge in [0.1, 0.15) is 0 Å². The molecule has 1 unspecified atom stereocenters. The first-order valence-electron chi connectivity index (χ1n) is 8.23. The van der Waals surface area contributed by atoms with Crippen LogP contribution in [0.1, 0.15) is 36.4 Å². The number of ketones is 1. The number of nitrogens with zero attached hydrogens (tertiary/aromatic N) is 1. The lowest BCUT2D eigenvalue weighted by Crippen LogP contribution is -2.51. The lowest BCUT2D eigenvalue weighted by Gasteiger charge is -2.36. The highest BCUT2D eigenvalue weighted by atomic mass is 32.1. The number of amides is 1. The molecule has 128 valence electrons. The summed E-state index contributed by atoms with van der Waals surface area (Å²) in [6.45, 7) is 8.31. The average Bonchev–Trinajstić information content (AvgIpc) is 3.08. The minimum Gasteiger partial charge on any atom is -0.379 e. The van der Waals surface area contributed by atoms with Crippen molar-refractivity contribution in [2.45, 2.75) is 32.7 Å². The van der Waals surface area contributed by atoms with Crippen molar-refractivity contribution in [1.82, 2.24) is 10.2 Å². The summed E-state index contributed by atoms with van der Waals surface area (Å²) in [5, 5.41) is 4.87. The molecule has 1 aromatic rings. The second kappa shape index (κ2) is 9.15. The van der Waals surface area contributed by atoms with E-state index >= 15 is 0 Å². The third kappa shape index (κ3) is 5.71. The van der Waals surface area contributed by atoms with Gasteiger partial charge in [-0.2, -0.15) is 0 Å². The van der Waals surface area contributed by atoms with Gasteiger partial charge in [-0.1, -0.05) is 19.9 Å². The van der Waals surface area contributed by atoms with Gasteiger partial charge in [0.05, 0.1) is 18.1 Å². The lowest BCUT2D eigenvalue weighted by molar-refractivity contribution is -0.121. The van der Waals surface area contributed by atoms with E-state index in [9.17, 15) is 9.59 Å². The molecule has 1 aromatic heterocycles. The molecule has 0 aromatic carbocycles. The average molecular weight is 338 g/mol. The predicted molar refractivity (Wildman–Crippen MR) is 91.9 cm³/mol. The maximum Gasteiger partial charge on any atom is 0.220 e. The minimum absolute atomic E-state index is 0.0451. The van der Waals surface area contributed by atoms with Crippen molar-refractivity contribution in [1.29, 1.82) is 0 Å². The van der Waals surface area contributed by atoms with E-state index in [1.54, 1.807) is 6.07 Å². The predicted octanol–water partition coefficient (Wildman–Crippen LogP) is 2.18. The van der Waals surface area contributed by atoms with Gasteiger partial charge in [0.25, 0.3) is 0 Å². The molecule has 1 aliphatic rings. The van der Waals surface area contributed by atoms with Crippen LogP contribution in [0.3, 0.4) is 0 Å². The second-order valence-electron chi connectivity index (χ2n) is 6.16. The third-order valence-corrected chi connectivity index (χ3v) is 5.08. The molecule has 0 aliphatic carbocycles. The molecule has 5 nitrogen and oxygen atoms in total. The van der Waals surface area contributed by atoms with Gasteiger partial charge in [0.15, 0.2) is 5.78 Å². The monoisotopic (exact) mass is 338 g/mol. The molecule has 2 rings (SSSR count). The van der Waals surface area contributed by atoms with Crippen LogP contribution in [-0.4, -0.2) is 55.5 Å². The van der Waals surface area contributed by atoms with Crippen molar-refractivity contribution in [2.24, 2.45) is 5.92 Å². The van der Waals surface area contributed by atoms with Crippen molar-refractivity contribution in [3.8, 4) is 0 Å². The molecule has 0 radical (unpaired) electrons. The van der Waals surface area contributed by atoms with Gasteiger partial charge in [0, 0.05) is 38.5 Å². The Morgan fingerprint density at radius 3 is 2.65 bits per heavy atom. The first kappa shape index (κ1) is 18.1.